The van der Waals surface area contributed by atoms with Crippen molar-refractivity contribution in [3.8, 4) is 0 Å². The van der Waals surface area contributed by atoms with Gasteiger partial charge in [0.15, 0.2) is 0 Å². The Balaban J connectivity index is 1.32. The van der Waals surface area contributed by atoms with Crippen LogP contribution in [0, 0.1) is 38.1 Å². The fraction of sp³-hybridized carbons (Fsp3) is 0.643. The van der Waals surface area contributed by atoms with Crippen molar-refractivity contribution in [3.63, 3.8) is 0 Å². The van der Waals surface area contributed by atoms with E-state index in [2.05, 4.69) is 42.5 Å². The van der Waals surface area contributed by atoms with E-state index in [1.165, 1.54) is 24.8 Å². The molecular weight excluding hydrogens is 511 g/mol. The number of Topliss-reactive ketones (excluding diaryl/α,β-unsaturated/α-hetero) is 1. The first kappa shape index (κ1) is 22.6. The van der Waals surface area contributed by atoms with E-state index in [-0.39, 0.29) is 28.8 Å². The van der Waals surface area contributed by atoms with Crippen molar-refractivity contribution in [2.75, 3.05) is 0 Å². The van der Waals surface area contributed by atoms with Crippen LogP contribution in [0.25, 0.3) is 0 Å². The Hall–Kier alpha value is -1.17. The minimum absolute atomic E-state index is 0.0151. The van der Waals surface area contributed by atoms with E-state index in [0.29, 0.717) is 29.1 Å². The Morgan fingerprint density at radius 2 is 1.88 bits per heavy atom. The zero-order chi connectivity index (χ0) is 22.7. The highest BCUT2D eigenvalue weighted by Gasteiger charge is 2.59. The van der Waals surface area contributed by atoms with Crippen molar-refractivity contribution in [3.05, 3.63) is 45.0 Å². The number of benzene rings is 1. The second-order valence-electron chi connectivity index (χ2n) is 11.3. The molecule has 5 rings (SSSR count). The molecule has 32 heavy (non-hydrogen) atoms. The normalized spacial score (nSPS) is 40.5. The predicted molar refractivity (Wildman–Crippen MR) is 134 cm³/mol. The van der Waals surface area contributed by atoms with E-state index in [1.54, 1.807) is 0 Å². The van der Waals surface area contributed by atoms with E-state index >= 15 is 0 Å². The van der Waals surface area contributed by atoms with E-state index in [4.69, 9.17) is 4.74 Å². The van der Waals surface area contributed by atoms with Crippen molar-refractivity contribution in [2.45, 2.75) is 78.2 Å². The van der Waals surface area contributed by atoms with Gasteiger partial charge in [-0.1, -0.05) is 31.6 Å². The van der Waals surface area contributed by atoms with E-state index in [9.17, 15) is 9.59 Å². The monoisotopic (exact) mass is 546 g/mol. The number of halogens is 1. The SMILES string of the molecule is CC(=O)[C@@H]1CC[C@@H]2[C@H]3CC=C4C[C@@H](OC(=O)c5cccc(I)c5)CC[C@]4(C)[C@@H]3CC[C@@]21C. The van der Waals surface area contributed by atoms with Crippen LogP contribution in [0.4, 0.5) is 0 Å². The molecule has 0 N–H and O–H groups in total. The van der Waals surface area contributed by atoms with Crippen LogP contribution in [-0.2, 0) is 9.53 Å². The van der Waals surface area contributed by atoms with Gasteiger partial charge in [0.2, 0.25) is 0 Å². The average molecular weight is 546 g/mol. The molecule has 0 bridgehead atoms. The number of ketones is 1. The van der Waals surface area contributed by atoms with Crippen LogP contribution < -0.4 is 0 Å². The van der Waals surface area contributed by atoms with Crippen molar-refractivity contribution in [1.29, 1.82) is 0 Å². The summed E-state index contributed by atoms with van der Waals surface area (Å²) in [6.07, 6.45) is 11.3. The number of ether oxygens (including phenoxy) is 1. The summed E-state index contributed by atoms with van der Waals surface area (Å²) in [5.74, 6) is 2.57. The number of esters is 1. The highest BCUT2D eigenvalue weighted by Crippen LogP contribution is 2.66. The highest BCUT2D eigenvalue weighted by molar-refractivity contribution is 14.1. The number of rotatable bonds is 3. The first-order chi connectivity index (χ1) is 15.2. The molecule has 4 heteroatoms. The maximum Gasteiger partial charge on any atom is 0.338 e. The summed E-state index contributed by atoms with van der Waals surface area (Å²) >= 11 is 2.23. The van der Waals surface area contributed by atoms with Gasteiger partial charge in [0, 0.05) is 15.9 Å². The summed E-state index contributed by atoms with van der Waals surface area (Å²) in [5.41, 5.74) is 2.60. The van der Waals surface area contributed by atoms with Crippen molar-refractivity contribution in [2.24, 2.45) is 34.5 Å². The van der Waals surface area contributed by atoms with E-state index in [0.717, 1.165) is 35.7 Å². The number of carbonyl (C=O) groups excluding carboxylic acids is 2. The molecule has 0 aliphatic heterocycles. The second-order valence-corrected chi connectivity index (χ2v) is 12.6. The molecule has 0 unspecified atom stereocenters. The van der Waals surface area contributed by atoms with Crippen LogP contribution in [0.2, 0.25) is 0 Å². The first-order valence-corrected chi connectivity index (χ1v) is 13.5. The van der Waals surface area contributed by atoms with Crippen LogP contribution in [-0.4, -0.2) is 17.9 Å². The topological polar surface area (TPSA) is 43.4 Å². The lowest BCUT2D eigenvalue weighted by molar-refractivity contribution is -0.127. The van der Waals surface area contributed by atoms with Gasteiger partial charge in [0.1, 0.15) is 11.9 Å². The van der Waals surface area contributed by atoms with Gasteiger partial charge in [-0.3, -0.25) is 4.79 Å². The van der Waals surface area contributed by atoms with Crippen LogP contribution >= 0.6 is 22.6 Å². The predicted octanol–water partition coefficient (Wildman–Crippen LogP) is 6.98. The molecule has 0 amide bonds. The largest absolute Gasteiger partial charge is 0.458 e. The molecule has 0 saturated heterocycles. The molecule has 172 valence electrons. The van der Waals surface area contributed by atoms with Crippen LogP contribution in [0.15, 0.2) is 35.9 Å². The maximum absolute atomic E-state index is 12.7. The Morgan fingerprint density at radius 3 is 2.62 bits per heavy atom. The minimum atomic E-state index is -0.193. The smallest absolute Gasteiger partial charge is 0.338 e. The fourth-order valence-corrected chi connectivity index (χ4v) is 8.77. The fourth-order valence-electron chi connectivity index (χ4n) is 8.23. The molecule has 1 aromatic carbocycles. The van der Waals surface area contributed by atoms with Gasteiger partial charge in [-0.2, -0.15) is 0 Å². The van der Waals surface area contributed by atoms with Crippen molar-refractivity contribution in [1.82, 2.24) is 0 Å². The molecule has 0 radical (unpaired) electrons. The standard InChI is InChI=1S/C28H35IO3/c1-17(30)23-9-10-24-22-8-7-19-16-21(32-26(31)18-5-4-6-20(29)15-18)11-13-27(19,2)25(22)12-14-28(23,24)3/h4-7,15,21-25H,8-14,16H2,1-3H3/t21-,22+,23-,24+,25+,27-,28+/m0/s1. The number of carbonyl (C=O) groups is 2. The van der Waals surface area contributed by atoms with Gasteiger partial charge in [-0.25, -0.2) is 4.79 Å². The van der Waals surface area contributed by atoms with Gasteiger partial charge in [-0.05, 0) is 121 Å². The molecule has 3 saturated carbocycles. The van der Waals surface area contributed by atoms with Crippen molar-refractivity contribution < 1.29 is 14.3 Å². The van der Waals surface area contributed by atoms with Crippen LogP contribution in [0.3, 0.4) is 0 Å². The second kappa shape index (κ2) is 8.25. The summed E-state index contributed by atoms with van der Waals surface area (Å²) in [5, 5.41) is 0. The molecule has 4 aliphatic carbocycles. The Kier molecular flexibility index (Phi) is 5.83. The first-order valence-electron chi connectivity index (χ1n) is 12.4. The highest BCUT2D eigenvalue weighted by atomic mass is 127. The maximum atomic E-state index is 12.7. The quantitative estimate of drug-likeness (QED) is 0.233. The van der Waals surface area contributed by atoms with Crippen LogP contribution in [0.1, 0.15) is 82.5 Å². The summed E-state index contributed by atoms with van der Waals surface area (Å²) in [6.45, 7) is 6.70. The lowest BCUT2D eigenvalue weighted by Crippen LogP contribution is -2.51. The lowest BCUT2D eigenvalue weighted by Gasteiger charge is -2.58. The molecular formula is C28H35IO3. The lowest BCUT2D eigenvalue weighted by atomic mass is 9.47. The summed E-state index contributed by atoms with van der Waals surface area (Å²) in [6, 6.07) is 7.65. The zero-order valence-electron chi connectivity index (χ0n) is 19.5. The molecule has 3 nitrogen and oxygen atoms in total. The van der Waals surface area contributed by atoms with Gasteiger partial charge in [0.25, 0.3) is 0 Å². The zero-order valence-corrected chi connectivity index (χ0v) is 21.7. The van der Waals surface area contributed by atoms with Gasteiger partial charge >= 0.3 is 5.97 Å². The number of allylic oxidation sites excluding steroid dienone is 1. The molecule has 0 aromatic heterocycles. The Labute approximate surface area is 205 Å². The minimum Gasteiger partial charge on any atom is -0.458 e. The number of hydrogen-bond acceptors (Lipinski definition) is 3. The van der Waals surface area contributed by atoms with Gasteiger partial charge in [0.05, 0.1) is 5.56 Å². The molecule has 1 aromatic rings. The van der Waals surface area contributed by atoms with E-state index < -0.39 is 0 Å². The third-order valence-corrected chi connectivity index (χ3v) is 10.6. The number of hydrogen-bond donors (Lipinski definition) is 0. The van der Waals surface area contributed by atoms with Crippen molar-refractivity contribution >= 4 is 34.3 Å². The summed E-state index contributed by atoms with van der Waals surface area (Å²) < 4.78 is 7.02. The third-order valence-electron chi connectivity index (χ3n) is 9.88. The van der Waals surface area contributed by atoms with Crippen LogP contribution in [0.5, 0.6) is 0 Å². The molecule has 3 fully saturated rings. The van der Waals surface area contributed by atoms with Gasteiger partial charge < -0.3 is 4.74 Å². The molecule has 7 atom stereocenters. The van der Waals surface area contributed by atoms with Gasteiger partial charge in [-0.15, -0.1) is 0 Å². The average Bonchev–Trinajstić information content (AvgIpc) is 3.11. The summed E-state index contributed by atoms with van der Waals surface area (Å²) in [4.78, 5) is 25.1. The van der Waals surface area contributed by atoms with E-state index in [1.807, 2.05) is 31.2 Å². The number of fused-ring (bicyclic) bond motifs is 5. The molecule has 4 aliphatic rings. The molecule has 0 spiro atoms. The third kappa shape index (κ3) is 3.59. The summed E-state index contributed by atoms with van der Waals surface area (Å²) in [7, 11) is 0. The Bertz CT molecular complexity index is 967. The molecule has 0 heterocycles. The Morgan fingerprint density at radius 1 is 1.06 bits per heavy atom.